The molecule has 1 N–H and O–H groups in total. The van der Waals surface area contributed by atoms with E-state index in [9.17, 15) is 0 Å². The molecular formula is C13H17N5. The average Bonchev–Trinajstić information content (AvgIpc) is 3.12. The third-order valence-corrected chi connectivity index (χ3v) is 3.14. The molecule has 2 aromatic rings. The second-order valence-corrected chi connectivity index (χ2v) is 4.71. The lowest BCUT2D eigenvalue weighted by Gasteiger charge is -2.02. The number of nitrogens with zero attached hydrogens (tertiary/aromatic N) is 4. The second-order valence-electron chi connectivity index (χ2n) is 4.71. The second kappa shape index (κ2) is 5.16. The molecule has 3 rings (SSSR count). The van der Waals surface area contributed by atoms with Crippen LogP contribution < -0.4 is 5.32 Å². The first-order chi connectivity index (χ1) is 8.92. The zero-order valence-corrected chi connectivity index (χ0v) is 10.3. The molecule has 1 saturated carbocycles. The topological polar surface area (TPSA) is 55.6 Å². The van der Waals surface area contributed by atoms with Gasteiger partial charge in [-0.25, -0.2) is 14.6 Å². The van der Waals surface area contributed by atoms with Gasteiger partial charge >= 0.3 is 0 Å². The van der Waals surface area contributed by atoms with Gasteiger partial charge in [-0.3, -0.25) is 0 Å². The van der Waals surface area contributed by atoms with Crippen LogP contribution in [0.1, 0.15) is 25.7 Å². The Labute approximate surface area is 106 Å². The Kier molecular flexibility index (Phi) is 3.21. The molecule has 0 unspecified atom stereocenters. The maximum atomic E-state index is 4.39. The zero-order chi connectivity index (χ0) is 12.2. The van der Waals surface area contributed by atoms with Crippen molar-refractivity contribution >= 4 is 5.82 Å². The summed E-state index contributed by atoms with van der Waals surface area (Å²) in [7, 11) is 0. The molecule has 5 nitrogen and oxygen atoms in total. The fourth-order valence-electron chi connectivity index (χ4n) is 1.95. The SMILES string of the molecule is c1cnc(-n2ccc(NCCCC3CC3)n2)nc1. The maximum Gasteiger partial charge on any atom is 0.250 e. The van der Waals surface area contributed by atoms with E-state index in [1.807, 2.05) is 12.3 Å². The first-order valence-corrected chi connectivity index (χ1v) is 6.49. The number of hydrogen-bond donors (Lipinski definition) is 1. The first-order valence-electron chi connectivity index (χ1n) is 6.49. The Balaban J connectivity index is 1.52. The van der Waals surface area contributed by atoms with Gasteiger partial charge in [0.05, 0.1) is 0 Å². The van der Waals surface area contributed by atoms with Crippen LogP contribution in [-0.2, 0) is 0 Å². The van der Waals surface area contributed by atoms with Gasteiger partial charge in [0.15, 0.2) is 0 Å². The largest absolute Gasteiger partial charge is 0.369 e. The number of rotatable bonds is 6. The molecule has 0 aliphatic heterocycles. The monoisotopic (exact) mass is 243 g/mol. The summed E-state index contributed by atoms with van der Waals surface area (Å²) >= 11 is 0. The summed E-state index contributed by atoms with van der Waals surface area (Å²) in [4.78, 5) is 8.30. The highest BCUT2D eigenvalue weighted by Crippen LogP contribution is 2.33. The van der Waals surface area contributed by atoms with Gasteiger partial charge in [-0.2, -0.15) is 0 Å². The molecule has 0 radical (unpaired) electrons. The minimum absolute atomic E-state index is 0.600. The molecule has 1 aliphatic carbocycles. The highest BCUT2D eigenvalue weighted by atomic mass is 15.4. The molecule has 0 saturated heterocycles. The standard InChI is InChI=1S/C13H17N5/c1(3-11-4-5-11)7-14-12-6-10-18(17-12)13-15-8-2-9-16-13/h2,6,8-11H,1,3-5,7H2,(H,14,17). The molecule has 94 valence electrons. The molecule has 0 amide bonds. The van der Waals surface area contributed by atoms with E-state index in [1.165, 1.54) is 25.7 Å². The van der Waals surface area contributed by atoms with Crippen LogP contribution in [0, 0.1) is 5.92 Å². The summed E-state index contributed by atoms with van der Waals surface area (Å²) in [6.45, 7) is 0.989. The van der Waals surface area contributed by atoms with E-state index in [0.717, 1.165) is 18.3 Å². The average molecular weight is 243 g/mol. The predicted molar refractivity (Wildman–Crippen MR) is 69.6 cm³/mol. The van der Waals surface area contributed by atoms with E-state index >= 15 is 0 Å². The van der Waals surface area contributed by atoms with Crippen molar-refractivity contribution in [3.8, 4) is 5.95 Å². The summed E-state index contributed by atoms with van der Waals surface area (Å²) in [6, 6.07) is 3.75. The van der Waals surface area contributed by atoms with Crippen LogP contribution in [0.4, 0.5) is 5.82 Å². The maximum absolute atomic E-state index is 4.39. The van der Waals surface area contributed by atoms with Crippen LogP contribution in [0.25, 0.3) is 5.95 Å². The lowest BCUT2D eigenvalue weighted by atomic mass is 10.2. The molecular weight excluding hydrogens is 226 g/mol. The molecule has 18 heavy (non-hydrogen) atoms. The zero-order valence-electron chi connectivity index (χ0n) is 10.3. The molecule has 5 heteroatoms. The molecule has 2 aromatic heterocycles. The van der Waals surface area contributed by atoms with Crippen molar-refractivity contribution < 1.29 is 0 Å². The summed E-state index contributed by atoms with van der Waals surface area (Å²) in [5.74, 6) is 2.49. The van der Waals surface area contributed by atoms with Gasteiger partial charge < -0.3 is 5.32 Å². The quantitative estimate of drug-likeness (QED) is 0.791. The summed E-state index contributed by atoms with van der Waals surface area (Å²) in [5, 5.41) is 7.72. The fraction of sp³-hybridized carbons (Fsp3) is 0.462. The number of hydrogen-bond acceptors (Lipinski definition) is 4. The van der Waals surface area contributed by atoms with E-state index in [2.05, 4.69) is 20.4 Å². The number of anilines is 1. The normalized spacial score (nSPS) is 14.7. The molecule has 0 aromatic carbocycles. The van der Waals surface area contributed by atoms with Crippen LogP contribution in [-0.4, -0.2) is 26.3 Å². The number of aromatic nitrogens is 4. The van der Waals surface area contributed by atoms with E-state index in [4.69, 9.17) is 0 Å². The minimum Gasteiger partial charge on any atom is -0.369 e. The van der Waals surface area contributed by atoms with Crippen molar-refractivity contribution in [3.63, 3.8) is 0 Å². The molecule has 0 bridgehead atoms. The van der Waals surface area contributed by atoms with Gasteiger partial charge in [-0.05, 0) is 24.8 Å². The number of nitrogens with one attached hydrogen (secondary N) is 1. The van der Waals surface area contributed by atoms with Gasteiger partial charge in [0.2, 0.25) is 5.95 Å². The van der Waals surface area contributed by atoms with Crippen LogP contribution >= 0.6 is 0 Å². The van der Waals surface area contributed by atoms with Gasteiger partial charge in [0.1, 0.15) is 5.82 Å². The van der Waals surface area contributed by atoms with Gasteiger partial charge in [0.25, 0.3) is 0 Å². The Morgan fingerprint density at radius 2 is 2.11 bits per heavy atom. The molecule has 1 fully saturated rings. The Morgan fingerprint density at radius 3 is 2.89 bits per heavy atom. The lowest BCUT2D eigenvalue weighted by Crippen LogP contribution is -2.05. The Hall–Kier alpha value is -1.91. The Bertz CT molecular complexity index is 489. The molecule has 1 aliphatic rings. The van der Waals surface area contributed by atoms with E-state index in [1.54, 1.807) is 23.1 Å². The van der Waals surface area contributed by atoms with Crippen LogP contribution in [0.15, 0.2) is 30.7 Å². The van der Waals surface area contributed by atoms with E-state index in [-0.39, 0.29) is 0 Å². The van der Waals surface area contributed by atoms with Crippen LogP contribution in [0.2, 0.25) is 0 Å². The van der Waals surface area contributed by atoms with Crippen molar-refractivity contribution in [2.45, 2.75) is 25.7 Å². The van der Waals surface area contributed by atoms with Crippen molar-refractivity contribution in [2.24, 2.45) is 5.92 Å². The highest BCUT2D eigenvalue weighted by molar-refractivity contribution is 5.33. The molecule has 0 spiro atoms. The van der Waals surface area contributed by atoms with Crippen molar-refractivity contribution in [1.82, 2.24) is 19.7 Å². The lowest BCUT2D eigenvalue weighted by molar-refractivity contribution is 0.685. The van der Waals surface area contributed by atoms with Crippen LogP contribution in [0.5, 0.6) is 0 Å². The van der Waals surface area contributed by atoms with Crippen molar-refractivity contribution in [3.05, 3.63) is 30.7 Å². The Morgan fingerprint density at radius 1 is 1.28 bits per heavy atom. The summed E-state index contributed by atoms with van der Waals surface area (Å²) < 4.78 is 1.68. The minimum atomic E-state index is 0.600. The third-order valence-electron chi connectivity index (χ3n) is 3.14. The van der Waals surface area contributed by atoms with Crippen molar-refractivity contribution in [2.75, 3.05) is 11.9 Å². The smallest absolute Gasteiger partial charge is 0.250 e. The van der Waals surface area contributed by atoms with Gasteiger partial charge in [-0.15, -0.1) is 5.10 Å². The third kappa shape index (κ3) is 2.85. The summed E-state index contributed by atoms with van der Waals surface area (Å²) in [6.07, 6.45) is 10.7. The van der Waals surface area contributed by atoms with Gasteiger partial charge in [0, 0.05) is 31.2 Å². The fourth-order valence-corrected chi connectivity index (χ4v) is 1.95. The van der Waals surface area contributed by atoms with Crippen LogP contribution in [0.3, 0.4) is 0 Å². The molecule has 0 atom stereocenters. The molecule has 2 heterocycles. The van der Waals surface area contributed by atoms with Gasteiger partial charge in [-0.1, -0.05) is 12.8 Å². The van der Waals surface area contributed by atoms with E-state index in [0.29, 0.717) is 5.95 Å². The summed E-state index contributed by atoms with van der Waals surface area (Å²) in [5.41, 5.74) is 0. The van der Waals surface area contributed by atoms with E-state index < -0.39 is 0 Å². The predicted octanol–water partition coefficient (Wildman–Crippen LogP) is 2.26. The van der Waals surface area contributed by atoms with Crippen molar-refractivity contribution in [1.29, 1.82) is 0 Å². The first kappa shape index (κ1) is 11.2. The highest BCUT2D eigenvalue weighted by Gasteiger charge is 2.19.